The summed E-state index contributed by atoms with van der Waals surface area (Å²) >= 11 is 0. The Bertz CT molecular complexity index is 1000. The standard InChI is InChI=1S/C23H27N3O2/c1-22(2,3)28-21(27)26-23(4,5)17-9-6-15(7-10-17)18-11-8-16-14-25-13-12-19(16)20(18)24/h6-14H,24H2,1-5H3,(H,26,27). The molecule has 0 saturated carbocycles. The molecule has 0 bridgehead atoms. The number of hydrogen-bond acceptors (Lipinski definition) is 4. The molecule has 0 saturated heterocycles. The van der Waals surface area contributed by atoms with Crippen LogP contribution >= 0.6 is 0 Å². The first-order chi connectivity index (χ1) is 13.1. The second-order valence-electron chi connectivity index (χ2n) is 8.45. The van der Waals surface area contributed by atoms with Crippen LogP contribution in [0.15, 0.2) is 54.9 Å². The Morgan fingerprint density at radius 1 is 1.00 bits per heavy atom. The van der Waals surface area contributed by atoms with Crippen molar-refractivity contribution >= 4 is 22.6 Å². The summed E-state index contributed by atoms with van der Waals surface area (Å²) in [5, 5.41) is 4.94. The number of alkyl carbamates (subject to hydrolysis) is 1. The number of fused-ring (bicyclic) bond motifs is 1. The van der Waals surface area contributed by atoms with Crippen molar-refractivity contribution in [3.63, 3.8) is 0 Å². The Labute approximate surface area is 165 Å². The normalized spacial score (nSPS) is 12.0. The molecule has 0 atom stereocenters. The fourth-order valence-electron chi connectivity index (χ4n) is 3.14. The van der Waals surface area contributed by atoms with E-state index in [-0.39, 0.29) is 0 Å². The van der Waals surface area contributed by atoms with Crippen molar-refractivity contribution in [2.75, 3.05) is 5.73 Å². The van der Waals surface area contributed by atoms with Crippen LogP contribution in [0, 0.1) is 0 Å². The Kier molecular flexibility index (Phi) is 5.02. The van der Waals surface area contributed by atoms with Gasteiger partial charge in [-0.05, 0) is 51.8 Å². The van der Waals surface area contributed by atoms with Gasteiger partial charge in [0.2, 0.25) is 0 Å². The van der Waals surface area contributed by atoms with Crippen molar-refractivity contribution in [2.45, 2.75) is 45.8 Å². The van der Waals surface area contributed by atoms with E-state index in [0.29, 0.717) is 0 Å². The molecule has 2 aromatic carbocycles. The predicted octanol–water partition coefficient (Wildman–Crippen LogP) is 5.24. The first kappa shape index (κ1) is 19.7. The first-order valence-corrected chi connectivity index (χ1v) is 9.31. The number of ether oxygens (including phenoxy) is 1. The van der Waals surface area contributed by atoms with E-state index in [1.165, 1.54) is 0 Å². The number of benzene rings is 2. The molecular formula is C23H27N3O2. The van der Waals surface area contributed by atoms with E-state index in [0.717, 1.165) is 33.2 Å². The fourth-order valence-corrected chi connectivity index (χ4v) is 3.14. The van der Waals surface area contributed by atoms with Crippen LogP contribution in [-0.2, 0) is 10.3 Å². The highest BCUT2D eigenvalue weighted by Crippen LogP contribution is 2.33. The summed E-state index contributed by atoms with van der Waals surface area (Å²) in [6.45, 7) is 9.43. The summed E-state index contributed by atoms with van der Waals surface area (Å²) in [5.41, 5.74) is 9.00. The van der Waals surface area contributed by atoms with Gasteiger partial charge in [0.15, 0.2) is 0 Å². The number of amides is 1. The van der Waals surface area contributed by atoms with Crippen LogP contribution in [-0.4, -0.2) is 16.7 Å². The zero-order valence-electron chi connectivity index (χ0n) is 17.0. The highest BCUT2D eigenvalue weighted by atomic mass is 16.6. The summed E-state index contributed by atoms with van der Waals surface area (Å²) < 4.78 is 5.37. The van der Waals surface area contributed by atoms with E-state index in [2.05, 4.69) is 10.3 Å². The number of nitrogen functional groups attached to an aromatic ring is 1. The van der Waals surface area contributed by atoms with Crippen LogP contribution in [0.2, 0.25) is 0 Å². The van der Waals surface area contributed by atoms with Crippen LogP contribution in [0.1, 0.15) is 40.2 Å². The quantitative estimate of drug-likeness (QED) is 0.612. The number of carbonyl (C=O) groups is 1. The van der Waals surface area contributed by atoms with Gasteiger partial charge in [-0.15, -0.1) is 0 Å². The number of carbonyl (C=O) groups excluding carboxylic acids is 1. The summed E-state index contributed by atoms with van der Waals surface area (Å²) in [4.78, 5) is 16.3. The number of aromatic nitrogens is 1. The molecule has 3 N–H and O–H groups in total. The van der Waals surface area contributed by atoms with Gasteiger partial charge in [-0.3, -0.25) is 4.98 Å². The number of hydrogen-bond donors (Lipinski definition) is 2. The third-order valence-corrected chi connectivity index (χ3v) is 4.59. The van der Waals surface area contributed by atoms with Gasteiger partial charge in [0.1, 0.15) is 5.60 Å². The first-order valence-electron chi connectivity index (χ1n) is 9.31. The van der Waals surface area contributed by atoms with Crippen LogP contribution in [0.4, 0.5) is 10.5 Å². The molecule has 1 amide bonds. The molecule has 28 heavy (non-hydrogen) atoms. The highest BCUT2D eigenvalue weighted by molar-refractivity contribution is 6.00. The molecule has 5 heteroatoms. The smallest absolute Gasteiger partial charge is 0.408 e. The minimum absolute atomic E-state index is 0.436. The molecule has 0 aliphatic rings. The molecule has 146 valence electrons. The number of nitrogens with zero attached hydrogens (tertiary/aromatic N) is 1. The number of anilines is 1. The Hall–Kier alpha value is -3.08. The number of nitrogens with one attached hydrogen (secondary N) is 1. The van der Waals surface area contributed by atoms with Crippen molar-refractivity contribution in [2.24, 2.45) is 0 Å². The lowest BCUT2D eigenvalue weighted by Crippen LogP contribution is -2.43. The fraction of sp³-hybridized carbons (Fsp3) is 0.304. The van der Waals surface area contributed by atoms with Crippen molar-refractivity contribution < 1.29 is 9.53 Å². The maximum Gasteiger partial charge on any atom is 0.408 e. The molecule has 0 aliphatic heterocycles. The van der Waals surface area contributed by atoms with Gasteiger partial charge >= 0.3 is 6.09 Å². The minimum Gasteiger partial charge on any atom is -0.444 e. The van der Waals surface area contributed by atoms with Gasteiger partial charge in [-0.25, -0.2) is 4.79 Å². The molecule has 3 aromatic rings. The largest absolute Gasteiger partial charge is 0.444 e. The van der Waals surface area contributed by atoms with Gasteiger partial charge in [-0.2, -0.15) is 0 Å². The van der Waals surface area contributed by atoms with Gasteiger partial charge < -0.3 is 15.8 Å². The average Bonchev–Trinajstić information content (AvgIpc) is 2.60. The lowest BCUT2D eigenvalue weighted by molar-refractivity contribution is 0.0470. The summed E-state index contributed by atoms with van der Waals surface area (Å²) in [6.07, 6.45) is 3.12. The van der Waals surface area contributed by atoms with E-state index in [1.807, 2.05) is 83.3 Å². The predicted molar refractivity (Wildman–Crippen MR) is 114 cm³/mol. The van der Waals surface area contributed by atoms with Crippen LogP contribution < -0.4 is 11.1 Å². The van der Waals surface area contributed by atoms with Gasteiger partial charge in [0, 0.05) is 34.4 Å². The SMILES string of the molecule is CC(C)(C)OC(=O)NC(C)(C)c1ccc(-c2ccc3cnccc3c2N)cc1. The van der Waals surface area contributed by atoms with Crippen LogP contribution in [0.25, 0.3) is 21.9 Å². The summed E-state index contributed by atoms with van der Waals surface area (Å²) in [5.74, 6) is 0. The Balaban J connectivity index is 1.85. The molecule has 5 nitrogen and oxygen atoms in total. The second kappa shape index (κ2) is 7.15. The lowest BCUT2D eigenvalue weighted by atomic mass is 9.91. The van der Waals surface area contributed by atoms with Gasteiger partial charge in [0.05, 0.1) is 5.54 Å². The van der Waals surface area contributed by atoms with Crippen LogP contribution in [0.5, 0.6) is 0 Å². The molecule has 0 spiro atoms. The Morgan fingerprint density at radius 3 is 2.32 bits per heavy atom. The second-order valence-corrected chi connectivity index (χ2v) is 8.45. The number of rotatable bonds is 3. The topological polar surface area (TPSA) is 77.2 Å². The van der Waals surface area contributed by atoms with Gasteiger partial charge in [-0.1, -0.05) is 36.4 Å². The maximum atomic E-state index is 12.2. The van der Waals surface area contributed by atoms with E-state index < -0.39 is 17.2 Å². The molecule has 0 unspecified atom stereocenters. The Morgan fingerprint density at radius 2 is 1.68 bits per heavy atom. The highest BCUT2D eigenvalue weighted by Gasteiger charge is 2.26. The van der Waals surface area contributed by atoms with Crippen molar-refractivity contribution in [1.29, 1.82) is 0 Å². The zero-order chi connectivity index (χ0) is 20.5. The molecular weight excluding hydrogens is 350 g/mol. The maximum absolute atomic E-state index is 12.2. The van der Waals surface area contributed by atoms with E-state index in [9.17, 15) is 4.79 Å². The minimum atomic E-state index is -0.568. The third-order valence-electron chi connectivity index (χ3n) is 4.59. The van der Waals surface area contributed by atoms with Crippen LogP contribution in [0.3, 0.4) is 0 Å². The monoisotopic (exact) mass is 377 g/mol. The molecule has 0 radical (unpaired) electrons. The summed E-state index contributed by atoms with van der Waals surface area (Å²) in [6, 6.07) is 14.0. The number of pyridine rings is 1. The lowest BCUT2D eigenvalue weighted by Gasteiger charge is -2.29. The molecule has 1 aromatic heterocycles. The number of nitrogens with two attached hydrogens (primary N) is 1. The average molecular weight is 377 g/mol. The van der Waals surface area contributed by atoms with Gasteiger partial charge in [0.25, 0.3) is 0 Å². The zero-order valence-corrected chi connectivity index (χ0v) is 17.0. The van der Waals surface area contributed by atoms with E-state index in [1.54, 1.807) is 6.20 Å². The van der Waals surface area contributed by atoms with E-state index in [4.69, 9.17) is 10.5 Å². The molecule has 0 fully saturated rings. The van der Waals surface area contributed by atoms with Crippen molar-refractivity contribution in [3.8, 4) is 11.1 Å². The third kappa shape index (κ3) is 4.25. The van der Waals surface area contributed by atoms with Crippen molar-refractivity contribution in [3.05, 3.63) is 60.4 Å². The molecule has 1 heterocycles. The van der Waals surface area contributed by atoms with Crippen molar-refractivity contribution in [1.82, 2.24) is 10.3 Å². The molecule has 3 rings (SSSR count). The summed E-state index contributed by atoms with van der Waals surface area (Å²) in [7, 11) is 0. The molecule has 0 aliphatic carbocycles. The van der Waals surface area contributed by atoms with E-state index >= 15 is 0 Å².